The van der Waals surface area contributed by atoms with Gasteiger partial charge in [-0.2, -0.15) is 0 Å². The molecule has 0 aliphatic carbocycles. The molecule has 21 heavy (non-hydrogen) atoms. The number of sulfonamides is 1. The average Bonchev–Trinajstić information content (AvgIpc) is 2.79. The Morgan fingerprint density at radius 2 is 2.00 bits per heavy atom. The Balaban J connectivity index is 2.40. The van der Waals surface area contributed by atoms with E-state index in [4.69, 9.17) is 11.6 Å². The number of methoxy groups -OCH3 is 1. The van der Waals surface area contributed by atoms with Crippen molar-refractivity contribution in [3.05, 3.63) is 45.8 Å². The van der Waals surface area contributed by atoms with E-state index in [1.165, 1.54) is 25.3 Å². The number of benzene rings is 1. The Hall–Kier alpha value is -1.57. The van der Waals surface area contributed by atoms with Gasteiger partial charge in [-0.15, -0.1) is 11.3 Å². The number of carbonyl (C=O) groups is 1. The topological polar surface area (TPSA) is 72.5 Å². The van der Waals surface area contributed by atoms with Crippen molar-refractivity contribution in [3.63, 3.8) is 0 Å². The molecular formula is C13H12ClNO4S2. The van der Waals surface area contributed by atoms with Gasteiger partial charge >= 0.3 is 5.97 Å². The predicted octanol–water partition coefficient (Wildman–Crippen LogP) is 3.30. The van der Waals surface area contributed by atoms with E-state index in [0.717, 1.165) is 11.3 Å². The Bertz CT molecular complexity index is 764. The van der Waals surface area contributed by atoms with E-state index in [1.807, 2.05) is 0 Å². The number of esters is 1. The molecule has 0 atom stereocenters. The predicted molar refractivity (Wildman–Crippen MR) is 82.7 cm³/mol. The summed E-state index contributed by atoms with van der Waals surface area (Å²) in [6.45, 7) is 1.72. The van der Waals surface area contributed by atoms with E-state index in [9.17, 15) is 13.2 Å². The van der Waals surface area contributed by atoms with Crippen molar-refractivity contribution in [1.29, 1.82) is 0 Å². The molecule has 8 heteroatoms. The molecule has 0 radical (unpaired) electrons. The third kappa shape index (κ3) is 3.37. The maximum absolute atomic E-state index is 12.3. The summed E-state index contributed by atoms with van der Waals surface area (Å²) in [5.41, 5.74) is 0.984. The molecule has 1 heterocycles. The van der Waals surface area contributed by atoms with Gasteiger partial charge in [-0.1, -0.05) is 23.7 Å². The summed E-state index contributed by atoms with van der Waals surface area (Å²) < 4.78 is 32.1. The van der Waals surface area contributed by atoms with Gasteiger partial charge in [0.05, 0.1) is 22.7 Å². The third-order valence-electron chi connectivity index (χ3n) is 2.68. The number of ether oxygens (including phenoxy) is 1. The van der Waals surface area contributed by atoms with Crippen molar-refractivity contribution in [3.8, 4) is 0 Å². The molecule has 0 aliphatic rings. The minimum Gasteiger partial charge on any atom is -0.465 e. The number of halogens is 1. The van der Waals surface area contributed by atoms with Crippen molar-refractivity contribution < 1.29 is 17.9 Å². The molecule has 0 aliphatic heterocycles. The number of carbonyl (C=O) groups excluding carboxylic acids is 1. The first-order valence-corrected chi connectivity index (χ1v) is 8.49. The summed E-state index contributed by atoms with van der Waals surface area (Å²) in [5.74, 6) is -0.617. The van der Waals surface area contributed by atoms with Crippen molar-refractivity contribution in [2.45, 2.75) is 11.1 Å². The second kappa shape index (κ2) is 6.05. The molecule has 0 saturated carbocycles. The fraction of sp³-hybridized carbons (Fsp3) is 0.154. The van der Waals surface area contributed by atoms with Crippen LogP contribution in [0.1, 0.15) is 15.9 Å². The van der Waals surface area contributed by atoms with Crippen molar-refractivity contribution in [2.24, 2.45) is 0 Å². The summed E-state index contributed by atoms with van der Waals surface area (Å²) >= 11 is 6.85. The number of rotatable bonds is 4. The van der Waals surface area contributed by atoms with Crippen LogP contribution in [0.2, 0.25) is 4.34 Å². The Labute approximate surface area is 131 Å². The monoisotopic (exact) mass is 345 g/mol. The van der Waals surface area contributed by atoms with Gasteiger partial charge in [-0.25, -0.2) is 13.2 Å². The van der Waals surface area contributed by atoms with Gasteiger partial charge in [-0.05, 0) is 30.7 Å². The molecule has 112 valence electrons. The second-order valence-corrected chi connectivity index (χ2v) is 7.73. The lowest BCUT2D eigenvalue weighted by Crippen LogP contribution is -2.15. The molecule has 0 fully saturated rings. The first kappa shape index (κ1) is 15.8. The molecule has 1 N–H and O–H groups in total. The van der Waals surface area contributed by atoms with Crippen LogP contribution in [-0.2, 0) is 14.8 Å². The zero-order valence-corrected chi connectivity index (χ0v) is 13.6. The van der Waals surface area contributed by atoms with Crippen LogP contribution in [0.5, 0.6) is 0 Å². The number of thiophene rings is 1. The SMILES string of the molecule is COC(=O)c1ccccc1NS(=O)(=O)c1cc(C)c(Cl)s1. The van der Waals surface area contributed by atoms with Crippen LogP contribution in [0.25, 0.3) is 0 Å². The highest BCUT2D eigenvalue weighted by Crippen LogP contribution is 2.31. The molecule has 1 aromatic heterocycles. The molecule has 1 aromatic carbocycles. The highest BCUT2D eigenvalue weighted by Gasteiger charge is 2.21. The van der Waals surface area contributed by atoms with Crippen LogP contribution < -0.4 is 4.72 Å². The Morgan fingerprint density at radius 3 is 2.57 bits per heavy atom. The first-order valence-electron chi connectivity index (χ1n) is 5.81. The number of hydrogen-bond acceptors (Lipinski definition) is 5. The molecule has 5 nitrogen and oxygen atoms in total. The molecule has 0 unspecified atom stereocenters. The highest BCUT2D eigenvalue weighted by molar-refractivity contribution is 7.94. The Kier molecular flexibility index (Phi) is 4.55. The first-order chi connectivity index (χ1) is 9.85. The summed E-state index contributed by atoms with van der Waals surface area (Å²) in [5, 5.41) is 0. The number of para-hydroxylation sites is 1. The fourth-order valence-corrected chi connectivity index (χ4v) is 4.41. The van der Waals surface area contributed by atoms with E-state index >= 15 is 0 Å². The molecule has 0 saturated heterocycles. The maximum atomic E-state index is 12.3. The fourth-order valence-electron chi connectivity index (χ4n) is 1.62. The lowest BCUT2D eigenvalue weighted by atomic mass is 10.2. The summed E-state index contributed by atoms with van der Waals surface area (Å²) in [4.78, 5) is 11.6. The number of hydrogen-bond donors (Lipinski definition) is 1. The maximum Gasteiger partial charge on any atom is 0.339 e. The second-order valence-electron chi connectivity index (χ2n) is 4.16. The normalized spacial score (nSPS) is 11.2. The van der Waals surface area contributed by atoms with Gasteiger partial charge in [0.15, 0.2) is 0 Å². The smallest absolute Gasteiger partial charge is 0.339 e. The lowest BCUT2D eigenvalue weighted by Gasteiger charge is -2.10. The van der Waals surface area contributed by atoms with Crippen LogP contribution in [0.4, 0.5) is 5.69 Å². The molecule has 2 aromatic rings. The largest absolute Gasteiger partial charge is 0.465 e. The van der Waals surface area contributed by atoms with E-state index < -0.39 is 16.0 Å². The van der Waals surface area contributed by atoms with Gasteiger partial charge in [0.1, 0.15) is 4.21 Å². The molecule has 0 amide bonds. The van der Waals surface area contributed by atoms with Crippen molar-refractivity contribution >= 4 is 44.6 Å². The van der Waals surface area contributed by atoms with Gasteiger partial charge in [0.25, 0.3) is 10.0 Å². The van der Waals surface area contributed by atoms with Gasteiger partial charge < -0.3 is 4.74 Å². The standard InChI is InChI=1S/C13H12ClNO4S2/c1-8-7-11(20-12(8)14)21(17,18)15-10-6-4-3-5-9(10)13(16)19-2/h3-7,15H,1-2H3. The minimum absolute atomic E-state index is 0.0877. The summed E-state index contributed by atoms with van der Waals surface area (Å²) in [7, 11) is -2.57. The van der Waals surface area contributed by atoms with Crippen LogP contribution in [0.15, 0.2) is 34.5 Å². The molecule has 0 spiro atoms. The molecule has 2 rings (SSSR count). The van der Waals surface area contributed by atoms with E-state index in [-0.39, 0.29) is 15.5 Å². The van der Waals surface area contributed by atoms with Crippen LogP contribution >= 0.6 is 22.9 Å². The highest BCUT2D eigenvalue weighted by atomic mass is 35.5. The van der Waals surface area contributed by atoms with Crippen LogP contribution in [0, 0.1) is 6.92 Å². The summed E-state index contributed by atoms with van der Waals surface area (Å²) in [6.07, 6.45) is 0. The average molecular weight is 346 g/mol. The summed E-state index contributed by atoms with van der Waals surface area (Å²) in [6, 6.07) is 7.70. The van der Waals surface area contributed by atoms with Gasteiger partial charge in [0, 0.05) is 0 Å². The van der Waals surface area contributed by atoms with Gasteiger partial charge in [-0.3, -0.25) is 4.72 Å². The lowest BCUT2D eigenvalue weighted by molar-refractivity contribution is 0.0602. The van der Waals surface area contributed by atoms with E-state index in [1.54, 1.807) is 19.1 Å². The van der Waals surface area contributed by atoms with Gasteiger partial charge in [0.2, 0.25) is 0 Å². The number of nitrogens with one attached hydrogen (secondary N) is 1. The number of aryl methyl sites for hydroxylation is 1. The van der Waals surface area contributed by atoms with E-state index in [0.29, 0.717) is 9.90 Å². The quantitative estimate of drug-likeness (QED) is 0.863. The Morgan fingerprint density at radius 1 is 1.33 bits per heavy atom. The zero-order valence-electron chi connectivity index (χ0n) is 11.2. The zero-order chi connectivity index (χ0) is 15.6. The van der Waals surface area contributed by atoms with Crippen LogP contribution in [-0.4, -0.2) is 21.5 Å². The molecular weight excluding hydrogens is 334 g/mol. The van der Waals surface area contributed by atoms with Crippen molar-refractivity contribution in [1.82, 2.24) is 0 Å². The molecule has 0 bridgehead atoms. The minimum atomic E-state index is -3.80. The van der Waals surface area contributed by atoms with Crippen molar-refractivity contribution in [2.75, 3.05) is 11.8 Å². The number of anilines is 1. The van der Waals surface area contributed by atoms with E-state index in [2.05, 4.69) is 9.46 Å². The van der Waals surface area contributed by atoms with Crippen LogP contribution in [0.3, 0.4) is 0 Å². The third-order valence-corrected chi connectivity index (χ3v) is 6.07.